The summed E-state index contributed by atoms with van der Waals surface area (Å²) in [7, 11) is -18.3. The van der Waals surface area contributed by atoms with Crippen LogP contribution in [-0.4, -0.2) is 69.3 Å². The van der Waals surface area contributed by atoms with Gasteiger partial charge in [0.1, 0.15) is 46.0 Å². The summed E-state index contributed by atoms with van der Waals surface area (Å²) < 4.78 is 136. The third-order valence-corrected chi connectivity index (χ3v) is 22.7. The first kappa shape index (κ1) is 82.5. The number of aromatic hydroxyl groups is 4. The van der Waals surface area contributed by atoms with Crippen molar-refractivity contribution >= 4 is 31.3 Å². The Balaban J connectivity index is 2.27. The summed E-state index contributed by atoms with van der Waals surface area (Å²) in [4.78, 5) is 0. The maximum absolute atomic E-state index is 15.3. The summed E-state index contributed by atoms with van der Waals surface area (Å²) in [6, 6.07) is 12.6. The predicted molar refractivity (Wildman–Crippen MR) is 379 cm³/mol. The second-order valence-electron chi connectivity index (χ2n) is 27.4. The molecule has 4 N–H and O–H groups in total. The number of phenolic OH excluding ortho intramolecular Hbond substituents is 4. The van der Waals surface area contributed by atoms with Crippen LogP contribution in [0.3, 0.4) is 0 Å². The fourth-order valence-electron chi connectivity index (χ4n) is 12.1. The lowest BCUT2D eigenvalue weighted by atomic mass is 9.76. The quantitative estimate of drug-likeness (QED) is 0.0238. The van der Waals surface area contributed by atoms with Crippen molar-refractivity contribution in [2.45, 2.75) is 314 Å². The van der Waals surface area contributed by atoms with Gasteiger partial charge >= 0.3 is 31.3 Å². The van der Waals surface area contributed by atoms with Crippen LogP contribution in [0.15, 0.2) is 48.5 Å². The topological polar surface area (TPSA) is 260 Å². The zero-order valence-electron chi connectivity index (χ0n) is 61.0. The van der Waals surface area contributed by atoms with Crippen LogP contribution in [0.25, 0.3) is 0 Å². The minimum atomic E-state index is -4.58. The molecule has 0 saturated carbocycles. The van der Waals surface area contributed by atoms with Crippen LogP contribution >= 0.6 is 31.3 Å². The molecule has 0 aromatic heterocycles. The molecule has 0 fully saturated rings. The van der Waals surface area contributed by atoms with Gasteiger partial charge in [0.2, 0.25) is 0 Å². The summed E-state index contributed by atoms with van der Waals surface area (Å²) in [6.45, 7) is 35.4. The molecule has 0 aliphatic heterocycles. The standard InChI is InChI=1S/C72H116O20P4/c1-21-25-29-33-53-57-37-62(70(41-65(57)73)90-94(78,83-47(9)10)84-48(11)12)55(35-31-27-23-3)59-39-64(72(43-67(59)75)92-96(80,87-51(17)18)88-52(19)20)56(36-32-28-24-4)60-40-63(71(44-68(60)76)91-95(79,85-49(13)14)86-50(15)16)54(34-30-26-22-2)58-38-61(53)69(42-66(58)74)89-93(77,81-45(5)6)82-46(7)8/h37-56,73-76H,21-36H2,1-20H3. The first-order chi connectivity index (χ1) is 45.0. The number of benzene rings is 4. The minimum Gasteiger partial charge on any atom is -0.508 e. The number of phosphoric ester groups is 4. The Hall–Kier alpha value is -4.12. The molecule has 24 heteroatoms. The van der Waals surface area contributed by atoms with Crippen LogP contribution in [0.5, 0.6) is 46.0 Å². The van der Waals surface area contributed by atoms with E-state index >= 15 is 18.3 Å². The molecule has 0 amide bonds. The van der Waals surface area contributed by atoms with E-state index in [9.17, 15) is 20.4 Å². The Bertz CT molecular complexity index is 2820. The van der Waals surface area contributed by atoms with Gasteiger partial charge in [0.05, 0.1) is 48.8 Å². The molecule has 0 spiro atoms. The molecule has 8 bridgehead atoms. The van der Waals surface area contributed by atoms with Gasteiger partial charge in [-0.2, -0.15) is 0 Å². The van der Waals surface area contributed by atoms with Gasteiger partial charge in [0, 0.05) is 92.4 Å². The highest BCUT2D eigenvalue weighted by molar-refractivity contribution is 7.49. The molecule has 96 heavy (non-hydrogen) atoms. The molecule has 1 aliphatic carbocycles. The van der Waals surface area contributed by atoms with Gasteiger partial charge in [-0.15, -0.1) is 0 Å². The third-order valence-electron chi connectivity index (χ3n) is 15.6. The second kappa shape index (κ2) is 37.5. The van der Waals surface area contributed by atoms with E-state index in [2.05, 4.69) is 27.7 Å². The summed E-state index contributed by atoms with van der Waals surface area (Å²) in [5.41, 5.74) is 2.62. The number of hydrogen-bond donors (Lipinski definition) is 4. The molecule has 4 unspecified atom stereocenters. The summed E-state index contributed by atoms with van der Waals surface area (Å²) in [5, 5.41) is 52.4. The van der Waals surface area contributed by atoms with E-state index in [1.165, 1.54) is 24.3 Å². The van der Waals surface area contributed by atoms with Crippen molar-refractivity contribution < 1.29 is 93.0 Å². The number of phosphoric acid groups is 4. The molecule has 0 heterocycles. The van der Waals surface area contributed by atoms with Crippen LogP contribution in [0.2, 0.25) is 0 Å². The van der Waals surface area contributed by atoms with Gasteiger partial charge in [-0.1, -0.05) is 105 Å². The predicted octanol–water partition coefficient (Wildman–Crippen LogP) is 23.0. The molecule has 4 atom stereocenters. The molecule has 544 valence electrons. The Labute approximate surface area is 574 Å². The molecular formula is C72H116O20P4. The monoisotopic (exact) mass is 1420 g/mol. The van der Waals surface area contributed by atoms with Crippen LogP contribution in [0.4, 0.5) is 0 Å². The van der Waals surface area contributed by atoms with Crippen molar-refractivity contribution in [3.8, 4) is 46.0 Å². The van der Waals surface area contributed by atoms with E-state index < -0.39 is 104 Å². The molecular weight excluding hydrogens is 1310 g/mol. The number of hydrogen-bond acceptors (Lipinski definition) is 20. The normalized spacial score (nSPS) is 16.5. The molecule has 20 nitrogen and oxygen atoms in total. The first-order valence-electron chi connectivity index (χ1n) is 35.1. The molecule has 0 saturated heterocycles. The van der Waals surface area contributed by atoms with Gasteiger partial charge in [0.25, 0.3) is 0 Å². The maximum atomic E-state index is 15.3. The van der Waals surface area contributed by atoms with Crippen molar-refractivity contribution in [1.29, 1.82) is 0 Å². The second-order valence-corrected chi connectivity index (χ2v) is 33.4. The Morgan fingerprint density at radius 2 is 0.427 bits per heavy atom. The molecule has 4 aromatic rings. The van der Waals surface area contributed by atoms with Crippen molar-refractivity contribution in [1.82, 2.24) is 0 Å². The molecule has 1 aliphatic rings. The van der Waals surface area contributed by atoms with Gasteiger partial charge in [0.15, 0.2) is 0 Å². The zero-order chi connectivity index (χ0) is 71.6. The van der Waals surface area contributed by atoms with Crippen LogP contribution in [0.1, 0.15) is 309 Å². The van der Waals surface area contributed by atoms with E-state index in [1.54, 1.807) is 135 Å². The SMILES string of the molecule is CCCCCC1c2cc(c(OP(=O)(OC(C)C)OC(C)C)cc2O)C(CCCCC)c2cc(c(OP(=O)(OC(C)C)OC(C)C)cc2O)C(CCCCC)c2cc(c(OP(=O)(OC(C)C)OC(C)C)cc2O)C(CCCCC)c2cc1c(OP(=O)(OC(C)C)OC(C)C)cc2O. The van der Waals surface area contributed by atoms with Gasteiger partial charge in [-0.05, 0) is 161 Å². The largest absolute Gasteiger partial charge is 0.530 e. The number of phenols is 4. The molecule has 5 rings (SSSR count). The highest BCUT2D eigenvalue weighted by atomic mass is 31.2. The van der Waals surface area contributed by atoms with Gasteiger partial charge in [-0.3, -0.25) is 36.2 Å². The van der Waals surface area contributed by atoms with E-state index in [0.29, 0.717) is 95.9 Å². The Kier molecular flexibility index (Phi) is 32.3. The lowest BCUT2D eigenvalue weighted by Gasteiger charge is -2.32. The lowest BCUT2D eigenvalue weighted by molar-refractivity contribution is 0.102. The van der Waals surface area contributed by atoms with Crippen molar-refractivity contribution in [3.63, 3.8) is 0 Å². The maximum Gasteiger partial charge on any atom is 0.530 e. The van der Waals surface area contributed by atoms with Crippen molar-refractivity contribution in [2.24, 2.45) is 0 Å². The van der Waals surface area contributed by atoms with E-state index in [-0.39, 0.29) is 46.0 Å². The molecule has 4 aromatic carbocycles. The van der Waals surface area contributed by atoms with Gasteiger partial charge in [-0.25, -0.2) is 18.3 Å². The third kappa shape index (κ3) is 24.0. The minimum absolute atomic E-state index is 0.0890. The summed E-state index contributed by atoms with van der Waals surface area (Å²) in [6.07, 6.45) is 4.29. The van der Waals surface area contributed by atoms with Crippen LogP contribution in [0, 0.1) is 0 Å². The first-order valence-corrected chi connectivity index (χ1v) is 41.0. The highest BCUT2D eigenvalue weighted by Crippen LogP contribution is 2.62. The fraction of sp³-hybridized carbons (Fsp3) is 0.667. The van der Waals surface area contributed by atoms with Gasteiger partial charge < -0.3 is 38.5 Å². The van der Waals surface area contributed by atoms with Crippen LogP contribution in [-0.2, 0) is 54.5 Å². The summed E-state index contributed by atoms with van der Waals surface area (Å²) in [5.74, 6) is -5.22. The van der Waals surface area contributed by atoms with E-state index in [4.69, 9.17) is 54.3 Å². The highest BCUT2D eigenvalue weighted by Gasteiger charge is 2.42. The lowest BCUT2D eigenvalue weighted by Crippen LogP contribution is -2.16. The van der Waals surface area contributed by atoms with E-state index in [0.717, 1.165) is 51.4 Å². The average Bonchev–Trinajstić information content (AvgIpc) is 0.749. The fourth-order valence-corrected chi connectivity index (χ4v) is 18.3. The van der Waals surface area contributed by atoms with Crippen LogP contribution < -0.4 is 18.1 Å². The Morgan fingerprint density at radius 3 is 0.562 bits per heavy atom. The summed E-state index contributed by atoms with van der Waals surface area (Å²) >= 11 is 0. The number of rotatable bonds is 40. The number of fused-ring (bicyclic) bond motifs is 8. The van der Waals surface area contributed by atoms with E-state index in [1.807, 2.05) is 0 Å². The Morgan fingerprint density at radius 1 is 0.271 bits per heavy atom. The van der Waals surface area contributed by atoms with Crippen molar-refractivity contribution in [2.75, 3.05) is 0 Å². The molecule has 0 radical (unpaired) electrons. The smallest absolute Gasteiger partial charge is 0.508 e. The zero-order valence-corrected chi connectivity index (χ0v) is 64.5. The van der Waals surface area contributed by atoms with Crippen molar-refractivity contribution in [3.05, 3.63) is 93.0 Å². The number of unbranched alkanes of at least 4 members (excludes halogenated alkanes) is 8. The average molecular weight is 1430 g/mol.